The lowest BCUT2D eigenvalue weighted by molar-refractivity contribution is -0.384. The van der Waals surface area contributed by atoms with E-state index < -0.39 is 10.8 Å². The van der Waals surface area contributed by atoms with Crippen molar-refractivity contribution in [2.45, 2.75) is 13.8 Å². The van der Waals surface area contributed by atoms with Gasteiger partial charge in [-0.05, 0) is 43.7 Å². The summed E-state index contributed by atoms with van der Waals surface area (Å²) >= 11 is 6.04. The van der Waals surface area contributed by atoms with Crippen molar-refractivity contribution in [3.05, 3.63) is 62.7 Å². The molecule has 2 rings (SSSR count). The highest BCUT2D eigenvalue weighted by molar-refractivity contribution is 6.32. The fourth-order valence-electron chi connectivity index (χ4n) is 2.01. The largest absolute Gasteiger partial charge is 0.492 e. The number of aryl methyl sites for hydroxylation is 1. The van der Waals surface area contributed by atoms with E-state index in [1.165, 1.54) is 18.2 Å². The summed E-state index contributed by atoms with van der Waals surface area (Å²) in [5.74, 6) is -0.00562. The predicted octanol–water partition coefficient (Wildman–Crippen LogP) is 4.21. The first-order valence-corrected chi connectivity index (χ1v) is 7.29. The summed E-state index contributed by atoms with van der Waals surface area (Å²) in [6.45, 7) is 4.03. The van der Waals surface area contributed by atoms with Gasteiger partial charge in [0.15, 0.2) is 0 Å². The lowest BCUT2D eigenvalue weighted by atomic mass is 10.1. The number of benzene rings is 2. The van der Waals surface area contributed by atoms with Gasteiger partial charge in [-0.2, -0.15) is 0 Å². The van der Waals surface area contributed by atoms with Crippen LogP contribution in [-0.2, 0) is 0 Å². The van der Waals surface area contributed by atoms with Crippen molar-refractivity contribution in [2.75, 3.05) is 11.9 Å². The van der Waals surface area contributed by atoms with Gasteiger partial charge in [-0.1, -0.05) is 17.7 Å². The molecule has 0 saturated carbocycles. The molecule has 1 N–H and O–H groups in total. The second-order valence-electron chi connectivity index (χ2n) is 4.81. The van der Waals surface area contributed by atoms with Gasteiger partial charge < -0.3 is 10.1 Å². The molecular formula is C16H15ClN2O4. The van der Waals surface area contributed by atoms with E-state index >= 15 is 0 Å². The van der Waals surface area contributed by atoms with Crippen LogP contribution >= 0.6 is 11.6 Å². The minimum absolute atomic E-state index is 0.135. The molecule has 0 aliphatic rings. The number of hydrogen-bond donors (Lipinski definition) is 1. The summed E-state index contributed by atoms with van der Waals surface area (Å²) in [6.07, 6.45) is 0. The van der Waals surface area contributed by atoms with Gasteiger partial charge in [-0.25, -0.2) is 0 Å². The molecule has 0 aromatic heterocycles. The highest BCUT2D eigenvalue weighted by Gasteiger charge is 2.17. The molecule has 0 spiro atoms. The van der Waals surface area contributed by atoms with E-state index in [0.717, 1.165) is 5.56 Å². The number of carbonyl (C=O) groups excluding carboxylic acids is 1. The maximum Gasteiger partial charge on any atom is 0.293 e. The number of ether oxygens (including phenoxy) is 1. The number of nitrogens with one attached hydrogen (secondary N) is 1. The molecular weight excluding hydrogens is 320 g/mol. The summed E-state index contributed by atoms with van der Waals surface area (Å²) in [4.78, 5) is 22.8. The van der Waals surface area contributed by atoms with Gasteiger partial charge >= 0.3 is 0 Å². The maximum absolute atomic E-state index is 12.3. The smallest absolute Gasteiger partial charge is 0.293 e. The van der Waals surface area contributed by atoms with E-state index in [2.05, 4.69) is 5.32 Å². The monoisotopic (exact) mass is 334 g/mol. The second kappa shape index (κ2) is 7.11. The third kappa shape index (κ3) is 3.98. The van der Waals surface area contributed by atoms with Crippen molar-refractivity contribution < 1.29 is 14.5 Å². The van der Waals surface area contributed by atoms with Crippen molar-refractivity contribution in [3.63, 3.8) is 0 Å². The van der Waals surface area contributed by atoms with Crippen molar-refractivity contribution in [1.82, 2.24) is 0 Å². The van der Waals surface area contributed by atoms with E-state index in [9.17, 15) is 14.9 Å². The van der Waals surface area contributed by atoms with Crippen LogP contribution in [0.25, 0.3) is 0 Å². The van der Waals surface area contributed by atoms with E-state index in [0.29, 0.717) is 17.4 Å². The molecule has 120 valence electrons. The molecule has 2 aromatic rings. The average molecular weight is 335 g/mol. The van der Waals surface area contributed by atoms with Crippen molar-refractivity contribution >= 4 is 28.9 Å². The summed E-state index contributed by atoms with van der Waals surface area (Å²) in [5.41, 5.74) is 0.998. The van der Waals surface area contributed by atoms with Gasteiger partial charge in [0.2, 0.25) is 0 Å². The summed E-state index contributed by atoms with van der Waals surface area (Å²) < 4.78 is 5.30. The fraction of sp³-hybridized carbons (Fsp3) is 0.188. The number of rotatable bonds is 5. The Bertz CT molecular complexity index is 762. The number of amides is 1. The second-order valence-corrected chi connectivity index (χ2v) is 5.22. The van der Waals surface area contributed by atoms with Crippen LogP contribution < -0.4 is 10.1 Å². The molecule has 0 saturated heterocycles. The van der Waals surface area contributed by atoms with Crippen LogP contribution in [0.2, 0.25) is 5.02 Å². The van der Waals surface area contributed by atoms with Crippen LogP contribution in [0.5, 0.6) is 5.75 Å². The fourth-order valence-corrected chi connectivity index (χ4v) is 2.24. The molecule has 0 bridgehead atoms. The van der Waals surface area contributed by atoms with Gasteiger partial charge in [-0.3, -0.25) is 14.9 Å². The minimum atomic E-state index is -0.534. The SMILES string of the molecule is CCOc1ccc(C(=O)Nc2ccc(C)cc2[N+](=O)[O-])cc1Cl. The molecule has 0 unspecified atom stereocenters. The first-order valence-electron chi connectivity index (χ1n) is 6.91. The predicted molar refractivity (Wildman–Crippen MR) is 88.4 cm³/mol. The number of halogens is 1. The Morgan fingerprint density at radius 2 is 2.04 bits per heavy atom. The van der Waals surface area contributed by atoms with Crippen LogP contribution in [0.3, 0.4) is 0 Å². The van der Waals surface area contributed by atoms with Crippen LogP contribution in [0.1, 0.15) is 22.8 Å². The number of carbonyl (C=O) groups is 1. The molecule has 0 aliphatic heterocycles. The zero-order valence-electron chi connectivity index (χ0n) is 12.6. The third-order valence-electron chi connectivity index (χ3n) is 3.09. The Labute approximate surface area is 138 Å². The van der Waals surface area contributed by atoms with E-state index in [1.54, 1.807) is 25.1 Å². The Morgan fingerprint density at radius 1 is 1.30 bits per heavy atom. The molecule has 0 fully saturated rings. The standard InChI is InChI=1S/C16H15ClN2O4/c1-3-23-15-7-5-11(9-12(15)17)16(20)18-13-6-4-10(2)8-14(13)19(21)22/h4-9H,3H2,1-2H3,(H,18,20). The number of nitro groups is 1. The number of anilines is 1. The normalized spacial score (nSPS) is 10.2. The zero-order valence-corrected chi connectivity index (χ0v) is 13.4. The molecule has 1 amide bonds. The lowest BCUT2D eigenvalue weighted by Gasteiger charge is -2.09. The minimum Gasteiger partial charge on any atom is -0.492 e. The average Bonchev–Trinajstić information content (AvgIpc) is 2.51. The van der Waals surface area contributed by atoms with Gasteiger partial charge in [0, 0.05) is 11.6 Å². The lowest BCUT2D eigenvalue weighted by Crippen LogP contribution is -2.13. The summed E-state index contributed by atoms with van der Waals surface area (Å²) in [5, 5.41) is 13.9. The van der Waals surface area contributed by atoms with Crippen molar-refractivity contribution in [3.8, 4) is 5.75 Å². The maximum atomic E-state index is 12.3. The Kier molecular flexibility index (Phi) is 5.18. The highest BCUT2D eigenvalue weighted by Crippen LogP contribution is 2.28. The molecule has 0 heterocycles. The number of nitrogens with zero attached hydrogens (tertiary/aromatic N) is 1. The van der Waals surface area contributed by atoms with Crippen LogP contribution in [0.4, 0.5) is 11.4 Å². The van der Waals surface area contributed by atoms with E-state index in [4.69, 9.17) is 16.3 Å². The van der Waals surface area contributed by atoms with Crippen molar-refractivity contribution in [2.24, 2.45) is 0 Å². The number of nitro benzene ring substituents is 1. The van der Waals surface area contributed by atoms with E-state index in [-0.39, 0.29) is 16.9 Å². The van der Waals surface area contributed by atoms with E-state index in [1.807, 2.05) is 6.92 Å². The Morgan fingerprint density at radius 3 is 2.65 bits per heavy atom. The van der Waals surface area contributed by atoms with Gasteiger partial charge in [0.05, 0.1) is 16.6 Å². The molecule has 0 radical (unpaired) electrons. The molecule has 2 aromatic carbocycles. The number of hydrogen-bond acceptors (Lipinski definition) is 4. The Hall–Kier alpha value is -2.60. The summed E-state index contributed by atoms with van der Waals surface area (Å²) in [7, 11) is 0. The molecule has 7 heteroatoms. The quantitative estimate of drug-likeness (QED) is 0.656. The molecule has 0 aliphatic carbocycles. The Balaban J connectivity index is 2.26. The van der Waals surface area contributed by atoms with Gasteiger partial charge in [0.25, 0.3) is 11.6 Å². The van der Waals surface area contributed by atoms with Crippen LogP contribution in [0.15, 0.2) is 36.4 Å². The topological polar surface area (TPSA) is 81.5 Å². The molecule has 6 nitrogen and oxygen atoms in total. The first kappa shape index (κ1) is 16.8. The first-order chi connectivity index (χ1) is 10.9. The summed E-state index contributed by atoms with van der Waals surface area (Å²) in [6, 6.07) is 9.19. The third-order valence-corrected chi connectivity index (χ3v) is 3.39. The highest BCUT2D eigenvalue weighted by atomic mass is 35.5. The van der Waals surface area contributed by atoms with Gasteiger partial charge in [-0.15, -0.1) is 0 Å². The molecule has 23 heavy (non-hydrogen) atoms. The van der Waals surface area contributed by atoms with Crippen molar-refractivity contribution in [1.29, 1.82) is 0 Å². The van der Waals surface area contributed by atoms with Crippen LogP contribution in [0, 0.1) is 17.0 Å². The zero-order chi connectivity index (χ0) is 17.0. The van der Waals surface area contributed by atoms with Crippen LogP contribution in [-0.4, -0.2) is 17.4 Å². The van der Waals surface area contributed by atoms with Gasteiger partial charge in [0.1, 0.15) is 11.4 Å². The molecule has 0 atom stereocenters.